The molecule has 5 aromatic rings. The Hall–Kier alpha value is -4.72. The van der Waals surface area contributed by atoms with Gasteiger partial charge < -0.3 is 14.6 Å². The molecule has 3 aromatic heterocycles. The standard InChI is InChI=1S/C28H25N5O3/c34-27-6-1-2-14-32(27)15-4-16-36-24-10-8-23(9-11-24)33-20-31-25-17-22(7-12-26(25)33)28(35)30-19-21-5-3-13-29-18-21/h1-3,5-14,17-18,20H,4,15-16,19H2,(H,30,35). The first-order valence-corrected chi connectivity index (χ1v) is 11.7. The highest BCUT2D eigenvalue weighted by atomic mass is 16.5. The van der Waals surface area contributed by atoms with Crippen LogP contribution in [0.3, 0.4) is 0 Å². The lowest BCUT2D eigenvalue weighted by Crippen LogP contribution is -2.22. The normalized spacial score (nSPS) is 10.9. The van der Waals surface area contributed by atoms with Crippen LogP contribution in [0.2, 0.25) is 0 Å². The first kappa shape index (κ1) is 23.0. The molecular formula is C28H25N5O3. The topological polar surface area (TPSA) is 91.0 Å². The minimum absolute atomic E-state index is 0.00750. The molecule has 1 N–H and O–H groups in total. The number of benzene rings is 2. The number of ether oxygens (including phenoxy) is 1. The lowest BCUT2D eigenvalue weighted by Gasteiger charge is -2.09. The van der Waals surface area contributed by atoms with Crippen molar-refractivity contribution >= 4 is 16.9 Å². The second kappa shape index (κ2) is 10.7. The van der Waals surface area contributed by atoms with Crippen molar-refractivity contribution in [1.82, 2.24) is 24.4 Å². The van der Waals surface area contributed by atoms with Gasteiger partial charge in [0.2, 0.25) is 5.56 Å². The molecule has 180 valence electrons. The zero-order chi connectivity index (χ0) is 24.7. The summed E-state index contributed by atoms with van der Waals surface area (Å²) in [6.07, 6.45) is 7.69. The van der Waals surface area contributed by atoms with Gasteiger partial charge in [-0.05, 0) is 66.6 Å². The van der Waals surface area contributed by atoms with Gasteiger partial charge in [0.05, 0.1) is 17.6 Å². The van der Waals surface area contributed by atoms with Gasteiger partial charge in [-0.3, -0.25) is 19.1 Å². The summed E-state index contributed by atoms with van der Waals surface area (Å²) in [4.78, 5) is 32.9. The van der Waals surface area contributed by atoms with Gasteiger partial charge in [0.25, 0.3) is 5.91 Å². The summed E-state index contributed by atoms with van der Waals surface area (Å²) in [6, 6.07) is 22.1. The Morgan fingerprint density at radius 1 is 1.00 bits per heavy atom. The van der Waals surface area contributed by atoms with Crippen LogP contribution in [-0.2, 0) is 13.1 Å². The van der Waals surface area contributed by atoms with Crippen molar-refractivity contribution in [3.05, 3.63) is 119 Å². The highest BCUT2D eigenvalue weighted by Gasteiger charge is 2.10. The van der Waals surface area contributed by atoms with Crippen molar-refractivity contribution in [2.24, 2.45) is 0 Å². The number of carbonyl (C=O) groups excluding carboxylic acids is 1. The van der Waals surface area contributed by atoms with Crippen molar-refractivity contribution < 1.29 is 9.53 Å². The molecule has 0 saturated carbocycles. The number of nitrogens with one attached hydrogen (secondary N) is 1. The molecule has 2 aromatic carbocycles. The SMILES string of the molecule is O=C(NCc1cccnc1)c1ccc2c(c1)ncn2-c1ccc(OCCCn2ccccc2=O)cc1. The summed E-state index contributed by atoms with van der Waals surface area (Å²) in [5, 5.41) is 2.91. The van der Waals surface area contributed by atoms with E-state index >= 15 is 0 Å². The predicted octanol–water partition coefficient (Wildman–Crippen LogP) is 3.98. The van der Waals surface area contributed by atoms with Crippen molar-refractivity contribution in [1.29, 1.82) is 0 Å². The quantitative estimate of drug-likeness (QED) is 0.323. The molecule has 0 radical (unpaired) electrons. The monoisotopic (exact) mass is 479 g/mol. The van der Waals surface area contributed by atoms with E-state index < -0.39 is 0 Å². The maximum Gasteiger partial charge on any atom is 0.251 e. The number of nitrogens with zero attached hydrogens (tertiary/aromatic N) is 4. The van der Waals surface area contributed by atoms with E-state index in [-0.39, 0.29) is 11.5 Å². The van der Waals surface area contributed by atoms with Crippen LogP contribution in [0.4, 0.5) is 0 Å². The number of pyridine rings is 2. The molecule has 36 heavy (non-hydrogen) atoms. The number of hydrogen-bond acceptors (Lipinski definition) is 5. The number of aromatic nitrogens is 4. The van der Waals surface area contributed by atoms with Crippen molar-refractivity contribution in [2.45, 2.75) is 19.5 Å². The third-order valence-electron chi connectivity index (χ3n) is 5.81. The maximum absolute atomic E-state index is 12.6. The average Bonchev–Trinajstić information content (AvgIpc) is 3.35. The summed E-state index contributed by atoms with van der Waals surface area (Å²) in [7, 11) is 0. The number of rotatable bonds is 9. The minimum Gasteiger partial charge on any atom is -0.494 e. The average molecular weight is 480 g/mol. The van der Waals surface area contributed by atoms with E-state index in [1.807, 2.05) is 53.1 Å². The lowest BCUT2D eigenvalue weighted by atomic mass is 10.1. The molecule has 1 amide bonds. The van der Waals surface area contributed by atoms with Gasteiger partial charge in [0, 0.05) is 49.0 Å². The van der Waals surface area contributed by atoms with Gasteiger partial charge in [0.15, 0.2) is 0 Å². The van der Waals surface area contributed by atoms with Crippen LogP contribution < -0.4 is 15.6 Å². The maximum atomic E-state index is 12.6. The fourth-order valence-corrected chi connectivity index (χ4v) is 3.92. The van der Waals surface area contributed by atoms with Gasteiger partial charge in [-0.25, -0.2) is 4.98 Å². The third kappa shape index (κ3) is 5.33. The van der Waals surface area contributed by atoms with Crippen LogP contribution in [0.15, 0.2) is 103 Å². The molecule has 5 rings (SSSR count). The highest BCUT2D eigenvalue weighted by molar-refractivity contribution is 5.97. The molecular weight excluding hydrogens is 454 g/mol. The summed E-state index contributed by atoms with van der Waals surface area (Å²) < 4.78 is 9.48. The Bertz CT molecular complexity index is 1520. The summed E-state index contributed by atoms with van der Waals surface area (Å²) in [5.74, 6) is 0.602. The van der Waals surface area contributed by atoms with Gasteiger partial charge in [-0.1, -0.05) is 12.1 Å². The van der Waals surface area contributed by atoms with Crippen LogP contribution >= 0.6 is 0 Å². The molecule has 0 bridgehead atoms. The Kier molecular flexibility index (Phi) is 6.84. The number of hydrogen-bond donors (Lipinski definition) is 1. The molecule has 0 unspecified atom stereocenters. The number of amides is 1. The van der Waals surface area contributed by atoms with E-state index in [2.05, 4.69) is 15.3 Å². The summed E-state index contributed by atoms with van der Waals surface area (Å²) in [6.45, 7) is 1.54. The minimum atomic E-state index is -0.158. The molecule has 0 aliphatic carbocycles. The van der Waals surface area contributed by atoms with E-state index in [0.717, 1.165) is 34.5 Å². The summed E-state index contributed by atoms with van der Waals surface area (Å²) >= 11 is 0. The van der Waals surface area contributed by atoms with E-state index in [0.29, 0.717) is 25.3 Å². The van der Waals surface area contributed by atoms with Gasteiger partial charge >= 0.3 is 0 Å². The van der Waals surface area contributed by atoms with E-state index in [9.17, 15) is 9.59 Å². The smallest absolute Gasteiger partial charge is 0.251 e. The fraction of sp³-hybridized carbons (Fsp3) is 0.143. The Morgan fingerprint density at radius 3 is 2.69 bits per heavy atom. The Labute approximate surface area is 207 Å². The molecule has 0 saturated heterocycles. The Balaban J connectivity index is 1.20. The summed E-state index contributed by atoms with van der Waals surface area (Å²) in [5.41, 5.74) is 4.07. The van der Waals surface area contributed by atoms with Crippen LogP contribution in [-0.4, -0.2) is 31.6 Å². The molecule has 0 aliphatic heterocycles. The first-order valence-electron chi connectivity index (χ1n) is 11.7. The number of imidazole rings is 1. The Morgan fingerprint density at radius 2 is 1.89 bits per heavy atom. The highest BCUT2D eigenvalue weighted by Crippen LogP contribution is 2.22. The van der Waals surface area contributed by atoms with Crippen molar-refractivity contribution in [3.63, 3.8) is 0 Å². The zero-order valence-electron chi connectivity index (χ0n) is 19.6. The van der Waals surface area contributed by atoms with Crippen LogP contribution in [0.25, 0.3) is 16.7 Å². The van der Waals surface area contributed by atoms with Crippen LogP contribution in [0, 0.1) is 0 Å². The van der Waals surface area contributed by atoms with E-state index in [1.54, 1.807) is 53.8 Å². The zero-order valence-corrected chi connectivity index (χ0v) is 19.6. The molecule has 8 heteroatoms. The number of aryl methyl sites for hydroxylation is 1. The van der Waals surface area contributed by atoms with Crippen LogP contribution in [0.1, 0.15) is 22.3 Å². The van der Waals surface area contributed by atoms with Crippen LogP contribution in [0.5, 0.6) is 5.75 Å². The lowest BCUT2D eigenvalue weighted by molar-refractivity contribution is 0.0951. The third-order valence-corrected chi connectivity index (χ3v) is 5.81. The fourth-order valence-electron chi connectivity index (χ4n) is 3.92. The second-order valence-electron chi connectivity index (χ2n) is 8.29. The molecule has 8 nitrogen and oxygen atoms in total. The predicted molar refractivity (Wildman–Crippen MR) is 137 cm³/mol. The van der Waals surface area contributed by atoms with E-state index in [4.69, 9.17) is 4.74 Å². The van der Waals surface area contributed by atoms with Gasteiger partial charge in [-0.15, -0.1) is 0 Å². The first-order chi connectivity index (χ1) is 17.7. The van der Waals surface area contributed by atoms with Gasteiger partial charge in [0.1, 0.15) is 12.1 Å². The van der Waals surface area contributed by atoms with Gasteiger partial charge in [-0.2, -0.15) is 0 Å². The molecule has 0 atom stereocenters. The number of carbonyl (C=O) groups is 1. The van der Waals surface area contributed by atoms with Crippen molar-refractivity contribution in [3.8, 4) is 11.4 Å². The van der Waals surface area contributed by atoms with Crippen molar-refractivity contribution in [2.75, 3.05) is 6.61 Å². The molecule has 0 fully saturated rings. The molecule has 0 aliphatic rings. The van der Waals surface area contributed by atoms with E-state index in [1.165, 1.54) is 0 Å². The largest absolute Gasteiger partial charge is 0.494 e. The molecule has 0 spiro atoms. The molecule has 3 heterocycles. The number of fused-ring (bicyclic) bond motifs is 1. The second-order valence-corrected chi connectivity index (χ2v) is 8.29.